The number of aromatic nitrogens is 1. The zero-order valence-electron chi connectivity index (χ0n) is 17.5. The summed E-state index contributed by atoms with van der Waals surface area (Å²) in [4.78, 5) is 44.0. The van der Waals surface area contributed by atoms with Gasteiger partial charge in [-0.2, -0.15) is 0 Å². The van der Waals surface area contributed by atoms with Gasteiger partial charge in [0.15, 0.2) is 0 Å². The molecule has 1 saturated heterocycles. The molecule has 2 heterocycles. The van der Waals surface area contributed by atoms with Gasteiger partial charge in [-0.25, -0.2) is 0 Å². The zero-order chi connectivity index (χ0) is 21.1. The number of H-pyrrole nitrogens is 1. The van der Waals surface area contributed by atoms with Gasteiger partial charge in [0.25, 0.3) is 5.91 Å². The fourth-order valence-corrected chi connectivity index (χ4v) is 4.87. The number of nitrogens with one attached hydrogen (secondary N) is 1. The highest BCUT2D eigenvalue weighted by Crippen LogP contribution is 2.41. The highest BCUT2D eigenvalue weighted by Gasteiger charge is 2.44. The van der Waals surface area contributed by atoms with Crippen molar-refractivity contribution >= 4 is 11.8 Å². The summed E-state index contributed by atoms with van der Waals surface area (Å²) in [6.45, 7) is 4.18. The van der Waals surface area contributed by atoms with Crippen molar-refractivity contribution in [3.8, 4) is 0 Å². The fraction of sp³-hybridized carbons (Fsp3) is 0.458. The molecule has 0 unspecified atom stereocenters. The molecule has 6 heteroatoms. The number of piperazine rings is 1. The number of hydrogen-bond donors (Lipinski definition) is 1. The van der Waals surface area contributed by atoms with Gasteiger partial charge in [0.2, 0.25) is 11.5 Å². The zero-order valence-corrected chi connectivity index (χ0v) is 17.5. The van der Waals surface area contributed by atoms with Gasteiger partial charge in [-0.05, 0) is 31.4 Å². The van der Waals surface area contributed by atoms with E-state index in [1.165, 1.54) is 24.2 Å². The lowest BCUT2D eigenvalue weighted by Gasteiger charge is -2.43. The number of carbonyl (C=O) groups is 2. The molecule has 2 aromatic rings. The predicted molar refractivity (Wildman–Crippen MR) is 115 cm³/mol. The highest BCUT2D eigenvalue weighted by molar-refractivity contribution is 5.94. The Labute approximate surface area is 176 Å². The van der Waals surface area contributed by atoms with Crippen LogP contribution in [-0.4, -0.2) is 52.8 Å². The molecule has 0 radical (unpaired) electrons. The Morgan fingerprint density at radius 1 is 0.933 bits per heavy atom. The minimum atomic E-state index is -0.435. The van der Waals surface area contributed by atoms with Crippen LogP contribution in [0, 0.1) is 6.92 Å². The van der Waals surface area contributed by atoms with Crippen LogP contribution in [0.1, 0.15) is 53.6 Å². The Balaban J connectivity index is 1.49. The number of aromatic amines is 1. The predicted octanol–water partition coefficient (Wildman–Crippen LogP) is 2.87. The molecule has 30 heavy (non-hydrogen) atoms. The summed E-state index contributed by atoms with van der Waals surface area (Å²) in [5, 5.41) is 0. The molecule has 158 valence electrons. The molecule has 4 rings (SSSR count). The van der Waals surface area contributed by atoms with Crippen molar-refractivity contribution < 1.29 is 9.59 Å². The average molecular weight is 408 g/mol. The van der Waals surface area contributed by atoms with Crippen molar-refractivity contribution in [1.82, 2.24) is 14.8 Å². The van der Waals surface area contributed by atoms with Crippen LogP contribution < -0.4 is 5.56 Å². The van der Waals surface area contributed by atoms with Crippen molar-refractivity contribution in [3.05, 3.63) is 69.6 Å². The summed E-state index contributed by atoms with van der Waals surface area (Å²) < 4.78 is 0. The summed E-state index contributed by atoms with van der Waals surface area (Å²) in [5.41, 5.74) is 2.13. The molecule has 1 saturated carbocycles. The minimum Gasteiger partial charge on any atom is -0.338 e. The Bertz CT molecular complexity index is 963. The van der Waals surface area contributed by atoms with E-state index in [0.29, 0.717) is 31.7 Å². The second kappa shape index (κ2) is 8.46. The number of rotatable bonds is 3. The van der Waals surface area contributed by atoms with Gasteiger partial charge in [0.05, 0.1) is 11.0 Å². The van der Waals surface area contributed by atoms with Crippen LogP contribution >= 0.6 is 0 Å². The molecule has 0 spiro atoms. The van der Waals surface area contributed by atoms with Gasteiger partial charge in [0, 0.05) is 38.4 Å². The lowest BCUT2D eigenvalue weighted by molar-refractivity contribution is -0.140. The number of benzene rings is 1. The minimum absolute atomic E-state index is 0.107. The molecule has 1 aromatic carbocycles. The Kier molecular flexibility index (Phi) is 5.75. The average Bonchev–Trinajstić information content (AvgIpc) is 2.79. The van der Waals surface area contributed by atoms with Crippen LogP contribution in [0.2, 0.25) is 0 Å². The van der Waals surface area contributed by atoms with Crippen LogP contribution in [0.15, 0.2) is 47.4 Å². The quantitative estimate of drug-likeness (QED) is 0.850. The molecular weight excluding hydrogens is 378 g/mol. The van der Waals surface area contributed by atoms with Crippen molar-refractivity contribution in [2.24, 2.45) is 0 Å². The third-order valence-corrected chi connectivity index (χ3v) is 6.57. The monoisotopic (exact) mass is 407 g/mol. The lowest BCUT2D eigenvalue weighted by atomic mass is 9.68. The van der Waals surface area contributed by atoms with E-state index < -0.39 is 5.41 Å². The van der Waals surface area contributed by atoms with Crippen LogP contribution in [0.5, 0.6) is 0 Å². The standard InChI is InChI=1S/C24H29N3O3/c1-18-6-5-7-20(16-18)24(10-3-2-4-11-24)23(30)27-14-12-26(13-15-27)22(29)19-8-9-21(28)25-17-19/h5-9,16-17H,2-4,10-15H2,1H3,(H,25,28). The van der Waals surface area contributed by atoms with Crippen LogP contribution in [0.25, 0.3) is 0 Å². The molecule has 1 aliphatic heterocycles. The lowest BCUT2D eigenvalue weighted by Crippen LogP contribution is -2.56. The molecule has 0 atom stereocenters. The molecule has 6 nitrogen and oxygen atoms in total. The number of pyridine rings is 1. The Morgan fingerprint density at radius 3 is 2.27 bits per heavy atom. The number of amides is 2. The third kappa shape index (κ3) is 3.91. The maximum Gasteiger partial charge on any atom is 0.255 e. The van der Waals surface area contributed by atoms with Crippen molar-refractivity contribution in [1.29, 1.82) is 0 Å². The van der Waals surface area contributed by atoms with E-state index in [1.54, 1.807) is 11.0 Å². The first-order valence-electron chi connectivity index (χ1n) is 10.8. The molecule has 0 bridgehead atoms. The molecule has 1 aromatic heterocycles. The number of aryl methyl sites for hydroxylation is 1. The Hall–Kier alpha value is -2.89. The number of carbonyl (C=O) groups excluding carboxylic acids is 2. The largest absolute Gasteiger partial charge is 0.338 e. The first kappa shape index (κ1) is 20.4. The van der Waals surface area contributed by atoms with Gasteiger partial charge < -0.3 is 14.8 Å². The maximum absolute atomic E-state index is 13.8. The first-order chi connectivity index (χ1) is 14.5. The molecule has 2 aliphatic rings. The van der Waals surface area contributed by atoms with E-state index in [2.05, 4.69) is 36.2 Å². The number of hydrogen-bond acceptors (Lipinski definition) is 3. The Morgan fingerprint density at radius 2 is 1.63 bits per heavy atom. The number of nitrogens with zero attached hydrogens (tertiary/aromatic N) is 2. The summed E-state index contributed by atoms with van der Waals surface area (Å²) in [5.74, 6) is 0.105. The topological polar surface area (TPSA) is 73.5 Å². The van der Waals surface area contributed by atoms with E-state index in [4.69, 9.17) is 0 Å². The summed E-state index contributed by atoms with van der Waals surface area (Å²) >= 11 is 0. The smallest absolute Gasteiger partial charge is 0.255 e. The fourth-order valence-electron chi connectivity index (χ4n) is 4.87. The van der Waals surface area contributed by atoms with Gasteiger partial charge in [-0.15, -0.1) is 0 Å². The second-order valence-electron chi connectivity index (χ2n) is 8.54. The molecule has 2 fully saturated rings. The second-order valence-corrected chi connectivity index (χ2v) is 8.54. The third-order valence-electron chi connectivity index (χ3n) is 6.57. The van der Waals surface area contributed by atoms with Gasteiger partial charge in [-0.3, -0.25) is 14.4 Å². The van der Waals surface area contributed by atoms with E-state index in [-0.39, 0.29) is 17.4 Å². The van der Waals surface area contributed by atoms with Crippen LogP contribution in [0.3, 0.4) is 0 Å². The maximum atomic E-state index is 13.8. The molecular formula is C24H29N3O3. The molecule has 1 aliphatic carbocycles. The van der Waals surface area contributed by atoms with E-state index in [9.17, 15) is 14.4 Å². The van der Waals surface area contributed by atoms with Crippen molar-refractivity contribution in [2.75, 3.05) is 26.2 Å². The van der Waals surface area contributed by atoms with E-state index in [1.807, 2.05) is 4.90 Å². The molecule has 1 N–H and O–H groups in total. The summed E-state index contributed by atoms with van der Waals surface area (Å²) in [6, 6.07) is 11.3. The van der Waals surface area contributed by atoms with E-state index >= 15 is 0 Å². The highest BCUT2D eigenvalue weighted by atomic mass is 16.2. The van der Waals surface area contributed by atoms with Crippen molar-refractivity contribution in [3.63, 3.8) is 0 Å². The summed E-state index contributed by atoms with van der Waals surface area (Å²) in [7, 11) is 0. The van der Waals surface area contributed by atoms with E-state index in [0.717, 1.165) is 31.2 Å². The van der Waals surface area contributed by atoms with Crippen LogP contribution in [0.4, 0.5) is 0 Å². The normalized spacial score (nSPS) is 18.8. The van der Waals surface area contributed by atoms with Crippen LogP contribution in [-0.2, 0) is 10.2 Å². The van der Waals surface area contributed by atoms with Gasteiger partial charge in [0.1, 0.15) is 0 Å². The molecule has 2 amide bonds. The van der Waals surface area contributed by atoms with Gasteiger partial charge >= 0.3 is 0 Å². The SMILES string of the molecule is Cc1cccc(C2(C(=O)N3CCN(C(=O)c4ccc(=O)[nH]c4)CC3)CCCCC2)c1. The summed E-state index contributed by atoms with van der Waals surface area (Å²) in [6.07, 6.45) is 6.57. The first-order valence-corrected chi connectivity index (χ1v) is 10.8. The van der Waals surface area contributed by atoms with Crippen molar-refractivity contribution in [2.45, 2.75) is 44.4 Å². The van der Waals surface area contributed by atoms with Gasteiger partial charge in [-0.1, -0.05) is 49.1 Å².